The highest BCUT2D eigenvalue weighted by molar-refractivity contribution is 8.93. The average Bonchev–Trinajstić information content (AvgIpc) is 2.67. The molecule has 1 unspecified atom stereocenters. The molecule has 0 aliphatic carbocycles. The number of rotatable bonds is 22. The lowest BCUT2D eigenvalue weighted by Gasteiger charge is -2.38. The largest absolute Gasteiger partial charge is 0.325 e. The van der Waals surface area contributed by atoms with Crippen LogP contribution in [-0.4, -0.2) is 5.54 Å². The standard InChI is InChI=1S/C27H57N.BrH/c1-5-9-10-11-12-13-14-15-16-17-18-19-20-21-23-26(22-6-2)27(28,24-7-3)25-8-4;/h26H,5-25,28H2,1-4H3;1H. The van der Waals surface area contributed by atoms with Crippen molar-refractivity contribution in [1.29, 1.82) is 0 Å². The quantitative estimate of drug-likeness (QED) is 0.155. The fraction of sp³-hybridized carbons (Fsp3) is 1.00. The Bertz CT molecular complexity index is 299. The minimum absolute atomic E-state index is 0. The highest BCUT2D eigenvalue weighted by Crippen LogP contribution is 2.33. The van der Waals surface area contributed by atoms with Crippen LogP contribution in [0.5, 0.6) is 0 Å². The predicted octanol–water partition coefficient (Wildman–Crippen LogP) is 10.1. The van der Waals surface area contributed by atoms with Crippen LogP contribution in [0.25, 0.3) is 0 Å². The number of hydrogen-bond donors (Lipinski definition) is 1. The van der Waals surface area contributed by atoms with Crippen molar-refractivity contribution >= 4 is 17.0 Å². The minimum Gasteiger partial charge on any atom is -0.325 e. The topological polar surface area (TPSA) is 26.0 Å². The van der Waals surface area contributed by atoms with E-state index >= 15 is 0 Å². The van der Waals surface area contributed by atoms with E-state index in [-0.39, 0.29) is 22.5 Å². The Morgan fingerprint density at radius 2 is 0.862 bits per heavy atom. The van der Waals surface area contributed by atoms with E-state index in [1.807, 2.05) is 0 Å². The monoisotopic (exact) mass is 475 g/mol. The molecule has 0 aliphatic heterocycles. The van der Waals surface area contributed by atoms with Gasteiger partial charge in [-0.1, -0.05) is 137 Å². The maximum absolute atomic E-state index is 6.90. The molecule has 0 spiro atoms. The molecule has 2 N–H and O–H groups in total. The molecule has 0 amide bonds. The molecular formula is C27H58BrN. The Kier molecular flexibility index (Phi) is 25.2. The Morgan fingerprint density at radius 3 is 1.21 bits per heavy atom. The zero-order valence-corrected chi connectivity index (χ0v) is 22.6. The van der Waals surface area contributed by atoms with Gasteiger partial charge in [0.25, 0.3) is 0 Å². The smallest absolute Gasteiger partial charge is 0.0182 e. The molecule has 0 aliphatic rings. The van der Waals surface area contributed by atoms with Crippen molar-refractivity contribution in [2.75, 3.05) is 0 Å². The molecule has 0 rings (SSSR count). The van der Waals surface area contributed by atoms with Gasteiger partial charge < -0.3 is 5.73 Å². The van der Waals surface area contributed by atoms with Gasteiger partial charge in [-0.25, -0.2) is 0 Å². The molecule has 29 heavy (non-hydrogen) atoms. The third-order valence-electron chi connectivity index (χ3n) is 6.79. The molecule has 1 atom stereocenters. The van der Waals surface area contributed by atoms with Crippen molar-refractivity contribution in [3.63, 3.8) is 0 Å². The van der Waals surface area contributed by atoms with Crippen LogP contribution in [0.3, 0.4) is 0 Å². The van der Waals surface area contributed by atoms with E-state index in [0.29, 0.717) is 0 Å². The van der Waals surface area contributed by atoms with Crippen LogP contribution >= 0.6 is 17.0 Å². The van der Waals surface area contributed by atoms with Crippen molar-refractivity contribution in [2.24, 2.45) is 11.7 Å². The molecular weight excluding hydrogens is 418 g/mol. The van der Waals surface area contributed by atoms with Crippen LogP contribution in [0, 0.1) is 5.92 Å². The maximum atomic E-state index is 6.90. The first-order chi connectivity index (χ1) is 13.6. The first kappa shape index (κ1) is 31.6. The lowest BCUT2D eigenvalue weighted by molar-refractivity contribution is 0.200. The van der Waals surface area contributed by atoms with E-state index in [0.717, 1.165) is 5.92 Å². The van der Waals surface area contributed by atoms with E-state index in [2.05, 4.69) is 27.7 Å². The summed E-state index contributed by atoms with van der Waals surface area (Å²) in [5.74, 6) is 0.745. The van der Waals surface area contributed by atoms with Crippen LogP contribution in [0.4, 0.5) is 0 Å². The summed E-state index contributed by atoms with van der Waals surface area (Å²) in [7, 11) is 0. The van der Waals surface area contributed by atoms with Gasteiger partial charge in [-0.3, -0.25) is 0 Å². The molecule has 0 aromatic rings. The summed E-state index contributed by atoms with van der Waals surface area (Å²) >= 11 is 0. The van der Waals surface area contributed by atoms with Gasteiger partial charge in [0.15, 0.2) is 0 Å². The summed E-state index contributed by atoms with van der Waals surface area (Å²) in [6.45, 7) is 9.23. The van der Waals surface area contributed by atoms with Crippen LogP contribution in [0.2, 0.25) is 0 Å². The zero-order valence-electron chi connectivity index (χ0n) is 20.9. The second-order valence-corrected chi connectivity index (χ2v) is 9.60. The van der Waals surface area contributed by atoms with Crippen LogP contribution in [0.1, 0.15) is 163 Å². The summed E-state index contributed by atoms with van der Waals surface area (Å²) in [6, 6.07) is 0. The molecule has 0 saturated heterocycles. The molecule has 0 fully saturated rings. The highest BCUT2D eigenvalue weighted by atomic mass is 79.9. The maximum Gasteiger partial charge on any atom is 0.0182 e. The van der Waals surface area contributed by atoms with Crippen molar-refractivity contribution in [3.05, 3.63) is 0 Å². The average molecular weight is 477 g/mol. The molecule has 0 aromatic heterocycles. The fourth-order valence-electron chi connectivity index (χ4n) is 5.12. The number of nitrogens with two attached hydrogens (primary N) is 1. The van der Waals surface area contributed by atoms with Crippen molar-refractivity contribution in [2.45, 2.75) is 168 Å². The number of halogens is 1. The Morgan fingerprint density at radius 1 is 0.483 bits per heavy atom. The lowest BCUT2D eigenvalue weighted by Crippen LogP contribution is -2.47. The summed E-state index contributed by atoms with van der Waals surface area (Å²) in [6.07, 6.45) is 29.1. The normalized spacial score (nSPS) is 12.7. The number of hydrogen-bond acceptors (Lipinski definition) is 1. The molecule has 0 radical (unpaired) electrons. The van der Waals surface area contributed by atoms with Crippen molar-refractivity contribution < 1.29 is 0 Å². The van der Waals surface area contributed by atoms with Crippen LogP contribution in [0.15, 0.2) is 0 Å². The first-order valence-corrected chi connectivity index (χ1v) is 13.4. The zero-order chi connectivity index (χ0) is 20.9. The van der Waals surface area contributed by atoms with E-state index in [4.69, 9.17) is 5.73 Å². The van der Waals surface area contributed by atoms with Crippen molar-refractivity contribution in [3.8, 4) is 0 Å². The molecule has 178 valence electrons. The SMILES string of the molecule is Br.CCCCCCCCCCCCCCCCC(CCC)C(N)(CCC)CCC. The predicted molar refractivity (Wildman–Crippen MR) is 140 cm³/mol. The van der Waals surface area contributed by atoms with Gasteiger partial charge in [0.2, 0.25) is 0 Å². The molecule has 1 nitrogen and oxygen atoms in total. The summed E-state index contributed by atoms with van der Waals surface area (Å²) < 4.78 is 0. The summed E-state index contributed by atoms with van der Waals surface area (Å²) in [4.78, 5) is 0. The van der Waals surface area contributed by atoms with Crippen LogP contribution in [-0.2, 0) is 0 Å². The van der Waals surface area contributed by atoms with E-state index in [1.165, 1.54) is 135 Å². The van der Waals surface area contributed by atoms with Crippen LogP contribution < -0.4 is 5.73 Å². The Balaban J connectivity index is 0. The Labute approximate surface area is 196 Å². The second kappa shape index (κ2) is 23.1. The molecule has 0 heterocycles. The number of unbranched alkanes of at least 4 members (excludes halogenated alkanes) is 13. The Hall–Kier alpha value is 0.440. The molecule has 0 bridgehead atoms. The van der Waals surface area contributed by atoms with E-state index in [1.54, 1.807) is 0 Å². The minimum atomic E-state index is 0. The van der Waals surface area contributed by atoms with Gasteiger partial charge in [0.05, 0.1) is 0 Å². The van der Waals surface area contributed by atoms with E-state index in [9.17, 15) is 0 Å². The second-order valence-electron chi connectivity index (χ2n) is 9.60. The first-order valence-electron chi connectivity index (χ1n) is 13.4. The highest BCUT2D eigenvalue weighted by Gasteiger charge is 2.31. The lowest BCUT2D eigenvalue weighted by atomic mass is 9.73. The molecule has 2 heteroatoms. The molecule has 0 saturated carbocycles. The molecule has 0 aromatic carbocycles. The van der Waals surface area contributed by atoms with Gasteiger partial charge in [0.1, 0.15) is 0 Å². The third kappa shape index (κ3) is 17.8. The van der Waals surface area contributed by atoms with Gasteiger partial charge in [-0.05, 0) is 31.6 Å². The summed E-state index contributed by atoms with van der Waals surface area (Å²) in [5.41, 5.74) is 7.01. The van der Waals surface area contributed by atoms with Gasteiger partial charge in [-0.15, -0.1) is 17.0 Å². The fourth-order valence-corrected chi connectivity index (χ4v) is 5.12. The van der Waals surface area contributed by atoms with Crippen molar-refractivity contribution in [1.82, 2.24) is 0 Å². The summed E-state index contributed by atoms with van der Waals surface area (Å²) in [5, 5.41) is 0. The third-order valence-corrected chi connectivity index (χ3v) is 6.79. The van der Waals surface area contributed by atoms with Gasteiger partial charge in [-0.2, -0.15) is 0 Å². The van der Waals surface area contributed by atoms with E-state index < -0.39 is 0 Å². The van der Waals surface area contributed by atoms with Gasteiger partial charge in [0, 0.05) is 5.54 Å². The van der Waals surface area contributed by atoms with Gasteiger partial charge >= 0.3 is 0 Å².